The van der Waals surface area contributed by atoms with Gasteiger partial charge in [0.2, 0.25) is 0 Å². The summed E-state index contributed by atoms with van der Waals surface area (Å²) in [5.41, 5.74) is 0.288. The molecular weight excluding hydrogens is 200 g/mol. The molecular formula is C9H12N2O4. The Hall–Kier alpha value is -1.24. The summed E-state index contributed by atoms with van der Waals surface area (Å²) in [5.74, 6) is 0. The van der Waals surface area contributed by atoms with Gasteiger partial charge in [0.1, 0.15) is 0 Å². The zero-order valence-corrected chi connectivity index (χ0v) is 8.29. The second-order valence-corrected chi connectivity index (χ2v) is 3.29. The lowest BCUT2D eigenvalue weighted by molar-refractivity contribution is -0.0992. The molecule has 1 aliphatic heterocycles. The summed E-state index contributed by atoms with van der Waals surface area (Å²) in [7, 11) is 0. The second kappa shape index (κ2) is 4.09. The first-order chi connectivity index (χ1) is 7.20. The van der Waals surface area contributed by atoms with E-state index in [0.29, 0.717) is 5.69 Å². The van der Waals surface area contributed by atoms with Crippen molar-refractivity contribution in [1.82, 2.24) is 9.55 Å². The topological polar surface area (TPSA) is 73.6 Å². The third-order valence-electron chi connectivity index (χ3n) is 2.16. The first-order valence-corrected chi connectivity index (χ1v) is 4.64. The van der Waals surface area contributed by atoms with E-state index in [0.717, 1.165) is 0 Å². The summed E-state index contributed by atoms with van der Waals surface area (Å²) in [6, 6.07) is 1.72. The lowest BCUT2D eigenvalue weighted by Crippen LogP contribution is -2.28. The van der Waals surface area contributed by atoms with E-state index in [9.17, 15) is 4.79 Å². The standard InChI is InChI=1S/C9H12N2O4/c1-6-2-3-11(9(13)10-6)7-5-14-8(4-12)15-7/h2-3,7-8,12H,4-5H2,1H3. The maximum absolute atomic E-state index is 11.5. The molecule has 2 heterocycles. The highest BCUT2D eigenvalue weighted by molar-refractivity contribution is 4.96. The Morgan fingerprint density at radius 3 is 3.13 bits per heavy atom. The molecule has 1 aromatic rings. The van der Waals surface area contributed by atoms with Crippen LogP contribution >= 0.6 is 0 Å². The maximum Gasteiger partial charge on any atom is 0.349 e. The average molecular weight is 212 g/mol. The minimum absolute atomic E-state index is 0.218. The van der Waals surface area contributed by atoms with Gasteiger partial charge in [-0.1, -0.05) is 0 Å². The lowest BCUT2D eigenvalue weighted by Gasteiger charge is -2.11. The van der Waals surface area contributed by atoms with E-state index in [2.05, 4.69) is 4.98 Å². The number of hydrogen-bond donors (Lipinski definition) is 1. The van der Waals surface area contributed by atoms with Gasteiger partial charge in [0.05, 0.1) is 13.2 Å². The van der Waals surface area contributed by atoms with Gasteiger partial charge in [-0.3, -0.25) is 4.57 Å². The van der Waals surface area contributed by atoms with Crippen molar-refractivity contribution in [3.63, 3.8) is 0 Å². The number of aryl methyl sites for hydroxylation is 1. The highest BCUT2D eigenvalue weighted by atomic mass is 16.7. The van der Waals surface area contributed by atoms with Gasteiger partial charge in [-0.25, -0.2) is 4.79 Å². The van der Waals surface area contributed by atoms with Crippen molar-refractivity contribution in [2.45, 2.75) is 19.4 Å². The molecule has 0 aromatic carbocycles. The second-order valence-electron chi connectivity index (χ2n) is 3.29. The summed E-state index contributed by atoms with van der Waals surface area (Å²) in [6.45, 7) is 1.77. The number of aliphatic hydroxyl groups is 1. The van der Waals surface area contributed by atoms with Crippen molar-refractivity contribution in [3.05, 3.63) is 28.4 Å². The van der Waals surface area contributed by atoms with E-state index in [1.54, 1.807) is 19.2 Å². The normalized spacial score (nSPS) is 25.7. The molecule has 0 bridgehead atoms. The summed E-state index contributed by atoms with van der Waals surface area (Å²) < 4.78 is 11.7. The van der Waals surface area contributed by atoms with Crippen LogP contribution in [0.4, 0.5) is 0 Å². The molecule has 0 radical (unpaired) electrons. The highest BCUT2D eigenvalue weighted by Crippen LogP contribution is 2.18. The predicted octanol–water partition coefficient (Wildman–Crippen LogP) is -0.584. The van der Waals surface area contributed by atoms with Crippen molar-refractivity contribution >= 4 is 0 Å². The van der Waals surface area contributed by atoms with Crippen LogP contribution in [0.25, 0.3) is 0 Å². The van der Waals surface area contributed by atoms with Crippen LogP contribution in [0.3, 0.4) is 0 Å². The van der Waals surface area contributed by atoms with Crippen LogP contribution < -0.4 is 5.69 Å². The molecule has 1 saturated heterocycles. The number of ether oxygens (including phenoxy) is 2. The van der Waals surface area contributed by atoms with E-state index in [1.807, 2.05) is 0 Å². The molecule has 6 heteroatoms. The van der Waals surface area contributed by atoms with Crippen molar-refractivity contribution in [1.29, 1.82) is 0 Å². The minimum Gasteiger partial charge on any atom is -0.391 e. The predicted molar refractivity (Wildman–Crippen MR) is 50.2 cm³/mol. The molecule has 0 spiro atoms. The van der Waals surface area contributed by atoms with Gasteiger partial charge >= 0.3 is 5.69 Å². The SMILES string of the molecule is Cc1ccn(C2COC(CO)O2)c(=O)n1. The van der Waals surface area contributed by atoms with Crippen molar-refractivity contribution in [3.8, 4) is 0 Å². The molecule has 6 nitrogen and oxygen atoms in total. The number of aromatic nitrogens is 2. The van der Waals surface area contributed by atoms with Gasteiger partial charge in [-0.15, -0.1) is 0 Å². The van der Waals surface area contributed by atoms with Crippen LogP contribution in [0.5, 0.6) is 0 Å². The summed E-state index contributed by atoms with van der Waals surface area (Å²) in [6.07, 6.45) is 0.462. The Morgan fingerprint density at radius 2 is 2.53 bits per heavy atom. The Labute approximate surface area is 86.1 Å². The molecule has 2 rings (SSSR count). The number of rotatable bonds is 2. The van der Waals surface area contributed by atoms with Crippen LogP contribution in [-0.4, -0.2) is 34.2 Å². The lowest BCUT2D eigenvalue weighted by atomic mass is 10.4. The monoisotopic (exact) mass is 212 g/mol. The van der Waals surface area contributed by atoms with Gasteiger partial charge in [-0.2, -0.15) is 4.98 Å². The van der Waals surface area contributed by atoms with E-state index in [4.69, 9.17) is 14.6 Å². The minimum atomic E-state index is -0.650. The van der Waals surface area contributed by atoms with Crippen LogP contribution in [0.15, 0.2) is 17.1 Å². The Bertz CT molecular complexity index is 403. The fourth-order valence-electron chi connectivity index (χ4n) is 1.40. The summed E-state index contributed by atoms with van der Waals surface area (Å²) in [4.78, 5) is 15.3. The van der Waals surface area contributed by atoms with Gasteiger partial charge in [0.25, 0.3) is 0 Å². The summed E-state index contributed by atoms with van der Waals surface area (Å²) in [5, 5.41) is 8.79. The smallest absolute Gasteiger partial charge is 0.349 e. The van der Waals surface area contributed by atoms with Gasteiger partial charge in [0, 0.05) is 11.9 Å². The van der Waals surface area contributed by atoms with Crippen molar-refractivity contribution in [2.75, 3.05) is 13.2 Å². The van der Waals surface area contributed by atoms with Gasteiger partial charge in [-0.05, 0) is 13.0 Å². The number of hydrogen-bond acceptors (Lipinski definition) is 5. The van der Waals surface area contributed by atoms with Crippen LogP contribution in [0.2, 0.25) is 0 Å². The number of nitrogens with zero attached hydrogens (tertiary/aromatic N) is 2. The van der Waals surface area contributed by atoms with Crippen LogP contribution in [0, 0.1) is 6.92 Å². The molecule has 1 aliphatic rings. The fraction of sp³-hybridized carbons (Fsp3) is 0.556. The zero-order chi connectivity index (χ0) is 10.8. The molecule has 1 aromatic heterocycles. The molecule has 0 amide bonds. The van der Waals surface area contributed by atoms with Crippen LogP contribution in [0.1, 0.15) is 11.9 Å². The molecule has 1 N–H and O–H groups in total. The number of aliphatic hydroxyl groups excluding tert-OH is 1. The van der Waals surface area contributed by atoms with E-state index in [1.165, 1.54) is 4.57 Å². The third-order valence-corrected chi connectivity index (χ3v) is 2.16. The molecule has 82 valence electrons. The quantitative estimate of drug-likeness (QED) is 0.709. The molecule has 15 heavy (non-hydrogen) atoms. The Morgan fingerprint density at radius 1 is 1.73 bits per heavy atom. The molecule has 0 saturated carbocycles. The molecule has 2 atom stereocenters. The van der Waals surface area contributed by atoms with Gasteiger partial charge in [0.15, 0.2) is 12.5 Å². The molecule has 1 fully saturated rings. The van der Waals surface area contributed by atoms with Crippen molar-refractivity contribution in [2.24, 2.45) is 0 Å². The highest BCUT2D eigenvalue weighted by Gasteiger charge is 2.27. The zero-order valence-electron chi connectivity index (χ0n) is 8.29. The van der Waals surface area contributed by atoms with Crippen LogP contribution in [-0.2, 0) is 9.47 Å². The van der Waals surface area contributed by atoms with E-state index >= 15 is 0 Å². The largest absolute Gasteiger partial charge is 0.391 e. The first kappa shape index (κ1) is 10.3. The Kier molecular flexibility index (Phi) is 2.81. The average Bonchev–Trinajstić information content (AvgIpc) is 2.66. The third kappa shape index (κ3) is 2.06. The van der Waals surface area contributed by atoms with Crippen molar-refractivity contribution < 1.29 is 14.6 Å². The molecule has 0 aliphatic carbocycles. The molecule has 2 unspecified atom stereocenters. The fourth-order valence-corrected chi connectivity index (χ4v) is 1.40. The van der Waals surface area contributed by atoms with E-state index < -0.39 is 12.5 Å². The Balaban J connectivity index is 2.20. The van der Waals surface area contributed by atoms with Gasteiger partial charge < -0.3 is 14.6 Å². The summed E-state index contributed by atoms with van der Waals surface area (Å²) >= 11 is 0. The first-order valence-electron chi connectivity index (χ1n) is 4.64. The van der Waals surface area contributed by atoms with E-state index in [-0.39, 0.29) is 18.9 Å². The maximum atomic E-state index is 11.5.